The van der Waals surface area contributed by atoms with Crippen molar-refractivity contribution >= 4 is 33.6 Å². The van der Waals surface area contributed by atoms with E-state index < -0.39 is 35.4 Å². The van der Waals surface area contributed by atoms with Gasteiger partial charge in [-0.3, -0.25) is 0 Å². The molecular weight excluding hydrogens is 371 g/mol. The lowest BCUT2D eigenvalue weighted by Gasteiger charge is -2.13. The van der Waals surface area contributed by atoms with Crippen molar-refractivity contribution in [3.8, 4) is 0 Å². The van der Waals surface area contributed by atoms with Crippen LogP contribution in [-0.4, -0.2) is 26.2 Å². The van der Waals surface area contributed by atoms with E-state index in [1.54, 1.807) is 0 Å². The van der Waals surface area contributed by atoms with E-state index in [0.717, 1.165) is 26.4 Å². The second-order valence-electron chi connectivity index (χ2n) is 3.86. The minimum absolute atomic E-state index is 0.0533. The SMILES string of the molecule is COC(=O)/C=C(/Nc1c(F)cc(C(F)F)cc1Br)C(=O)OC. The monoisotopic (exact) mass is 381 g/mol. The number of alkyl halides is 2. The molecule has 1 aromatic rings. The highest BCUT2D eigenvalue weighted by Crippen LogP contribution is 2.32. The smallest absolute Gasteiger partial charge is 0.354 e. The van der Waals surface area contributed by atoms with Crippen LogP contribution >= 0.6 is 15.9 Å². The first-order valence-corrected chi connectivity index (χ1v) is 6.51. The molecule has 1 rings (SSSR count). The molecule has 0 bridgehead atoms. The largest absolute Gasteiger partial charge is 0.466 e. The van der Waals surface area contributed by atoms with Gasteiger partial charge < -0.3 is 14.8 Å². The minimum Gasteiger partial charge on any atom is -0.466 e. The second-order valence-corrected chi connectivity index (χ2v) is 4.71. The maximum absolute atomic E-state index is 13.9. The van der Waals surface area contributed by atoms with Crippen LogP contribution in [0.3, 0.4) is 0 Å². The van der Waals surface area contributed by atoms with Crippen LogP contribution in [0.15, 0.2) is 28.4 Å². The lowest BCUT2D eigenvalue weighted by Crippen LogP contribution is -2.16. The maximum Gasteiger partial charge on any atom is 0.354 e. The van der Waals surface area contributed by atoms with Crippen molar-refractivity contribution in [3.05, 3.63) is 39.8 Å². The number of rotatable bonds is 5. The summed E-state index contributed by atoms with van der Waals surface area (Å²) in [4.78, 5) is 22.7. The van der Waals surface area contributed by atoms with Gasteiger partial charge in [-0.15, -0.1) is 0 Å². The van der Waals surface area contributed by atoms with E-state index in [-0.39, 0.29) is 10.2 Å². The highest BCUT2D eigenvalue weighted by Gasteiger charge is 2.19. The van der Waals surface area contributed by atoms with E-state index in [1.165, 1.54) is 0 Å². The van der Waals surface area contributed by atoms with Crippen molar-refractivity contribution in [2.24, 2.45) is 0 Å². The quantitative estimate of drug-likeness (QED) is 0.626. The molecule has 0 saturated carbocycles. The van der Waals surface area contributed by atoms with E-state index in [2.05, 4.69) is 30.7 Å². The predicted molar refractivity (Wildman–Crippen MR) is 74.8 cm³/mol. The van der Waals surface area contributed by atoms with Gasteiger partial charge in [-0.25, -0.2) is 22.8 Å². The van der Waals surface area contributed by atoms with Gasteiger partial charge in [0.15, 0.2) is 0 Å². The molecule has 120 valence electrons. The molecule has 0 saturated heterocycles. The number of halogens is 4. The number of hydrogen-bond acceptors (Lipinski definition) is 5. The van der Waals surface area contributed by atoms with E-state index in [1.807, 2.05) is 0 Å². The van der Waals surface area contributed by atoms with Crippen LogP contribution in [0.5, 0.6) is 0 Å². The molecule has 1 N–H and O–H groups in total. The van der Waals surface area contributed by atoms with Gasteiger partial charge in [0.25, 0.3) is 6.43 Å². The molecule has 0 aliphatic carbocycles. The summed E-state index contributed by atoms with van der Waals surface area (Å²) in [5.41, 5.74) is -1.25. The molecule has 0 atom stereocenters. The molecule has 0 heterocycles. The molecule has 0 aromatic heterocycles. The first-order valence-electron chi connectivity index (χ1n) is 5.72. The maximum atomic E-state index is 13.9. The zero-order valence-corrected chi connectivity index (χ0v) is 13.0. The first kappa shape index (κ1) is 18.0. The van der Waals surface area contributed by atoms with Gasteiger partial charge in [0, 0.05) is 10.0 Å². The van der Waals surface area contributed by atoms with E-state index in [4.69, 9.17) is 0 Å². The average Bonchev–Trinajstić information content (AvgIpc) is 2.48. The number of carbonyl (C=O) groups is 2. The van der Waals surface area contributed by atoms with E-state index >= 15 is 0 Å². The van der Waals surface area contributed by atoms with Gasteiger partial charge in [-0.05, 0) is 28.1 Å². The molecule has 22 heavy (non-hydrogen) atoms. The van der Waals surface area contributed by atoms with Gasteiger partial charge in [-0.1, -0.05) is 0 Å². The summed E-state index contributed by atoms with van der Waals surface area (Å²) in [5.74, 6) is -2.88. The third-order valence-electron chi connectivity index (χ3n) is 2.44. The third-order valence-corrected chi connectivity index (χ3v) is 3.07. The highest BCUT2D eigenvalue weighted by molar-refractivity contribution is 9.10. The van der Waals surface area contributed by atoms with Crippen molar-refractivity contribution in [1.29, 1.82) is 0 Å². The Bertz CT molecular complexity index is 596. The van der Waals surface area contributed by atoms with Crippen LogP contribution < -0.4 is 5.32 Å². The van der Waals surface area contributed by atoms with Gasteiger partial charge in [-0.2, -0.15) is 0 Å². The molecule has 1 aromatic carbocycles. The summed E-state index contributed by atoms with van der Waals surface area (Å²) in [6.07, 6.45) is -2.11. The summed E-state index contributed by atoms with van der Waals surface area (Å²) in [7, 11) is 2.14. The average molecular weight is 382 g/mol. The van der Waals surface area contributed by atoms with Gasteiger partial charge >= 0.3 is 11.9 Å². The molecule has 0 unspecified atom stereocenters. The number of ether oxygens (including phenoxy) is 2. The molecular formula is C13H11BrF3NO4. The number of hydrogen-bond donors (Lipinski definition) is 1. The summed E-state index contributed by atoms with van der Waals surface area (Å²) in [5, 5.41) is 2.32. The number of anilines is 1. The zero-order valence-electron chi connectivity index (χ0n) is 11.5. The molecule has 5 nitrogen and oxygen atoms in total. The van der Waals surface area contributed by atoms with Gasteiger partial charge in [0.05, 0.1) is 26.0 Å². The standard InChI is InChI=1S/C13H11BrF3NO4/c1-21-10(19)5-9(13(20)22-2)18-11-7(14)3-6(12(16)17)4-8(11)15/h3-5,12,18H,1-2H3/b9-5+. The Hall–Kier alpha value is -2.03. The van der Waals surface area contributed by atoms with E-state index in [9.17, 15) is 22.8 Å². The van der Waals surface area contributed by atoms with Gasteiger partial charge in [0.1, 0.15) is 11.5 Å². The lowest BCUT2D eigenvalue weighted by atomic mass is 10.2. The Morgan fingerprint density at radius 2 is 1.91 bits per heavy atom. The summed E-state index contributed by atoms with van der Waals surface area (Å²) in [6, 6.07) is 1.61. The normalized spacial score (nSPS) is 11.3. The predicted octanol–water partition coefficient (Wildman–Crippen LogP) is 3.17. The van der Waals surface area contributed by atoms with Crippen molar-refractivity contribution in [2.75, 3.05) is 19.5 Å². The Balaban J connectivity index is 3.22. The van der Waals surface area contributed by atoms with Crippen LogP contribution in [0.1, 0.15) is 12.0 Å². The summed E-state index contributed by atoms with van der Waals surface area (Å²) < 4.78 is 47.8. The number of methoxy groups -OCH3 is 2. The number of benzene rings is 1. The molecule has 0 aliphatic heterocycles. The van der Waals surface area contributed by atoms with Crippen molar-refractivity contribution in [3.63, 3.8) is 0 Å². The molecule has 0 fully saturated rings. The Morgan fingerprint density at radius 1 is 1.27 bits per heavy atom. The topological polar surface area (TPSA) is 64.6 Å². The molecule has 9 heteroatoms. The first-order chi connectivity index (χ1) is 10.3. The Kier molecular flexibility index (Phi) is 6.41. The zero-order chi connectivity index (χ0) is 16.9. The number of esters is 2. The van der Waals surface area contributed by atoms with Crippen molar-refractivity contribution < 1.29 is 32.2 Å². The van der Waals surface area contributed by atoms with Crippen LogP contribution in [-0.2, 0) is 19.1 Å². The van der Waals surface area contributed by atoms with E-state index in [0.29, 0.717) is 6.07 Å². The number of carbonyl (C=O) groups excluding carboxylic acids is 2. The number of nitrogens with one attached hydrogen (secondary N) is 1. The minimum atomic E-state index is -2.86. The van der Waals surface area contributed by atoms with Crippen molar-refractivity contribution in [2.45, 2.75) is 6.43 Å². The van der Waals surface area contributed by atoms with Gasteiger partial charge in [0.2, 0.25) is 0 Å². The second kappa shape index (κ2) is 7.83. The highest BCUT2D eigenvalue weighted by atomic mass is 79.9. The molecule has 0 radical (unpaired) electrons. The Morgan fingerprint density at radius 3 is 2.36 bits per heavy atom. The summed E-state index contributed by atoms with van der Waals surface area (Å²) in [6.45, 7) is 0. The Labute approximate surface area is 132 Å². The molecule has 0 spiro atoms. The fourth-order valence-corrected chi connectivity index (χ4v) is 1.96. The molecule has 0 aliphatic rings. The van der Waals surface area contributed by atoms with Crippen LogP contribution in [0, 0.1) is 5.82 Å². The van der Waals surface area contributed by atoms with Crippen molar-refractivity contribution in [1.82, 2.24) is 0 Å². The fraction of sp³-hybridized carbons (Fsp3) is 0.231. The lowest BCUT2D eigenvalue weighted by molar-refractivity contribution is -0.138. The fourth-order valence-electron chi connectivity index (χ4n) is 1.41. The van der Waals surface area contributed by atoms with Crippen LogP contribution in [0.2, 0.25) is 0 Å². The van der Waals surface area contributed by atoms with Crippen LogP contribution in [0.25, 0.3) is 0 Å². The third kappa shape index (κ3) is 4.48. The molecule has 0 amide bonds. The van der Waals surface area contributed by atoms with Crippen LogP contribution in [0.4, 0.5) is 18.9 Å². The summed E-state index contributed by atoms with van der Waals surface area (Å²) >= 11 is 2.92.